The van der Waals surface area contributed by atoms with Crippen molar-refractivity contribution in [3.8, 4) is 0 Å². The van der Waals surface area contributed by atoms with Crippen LogP contribution in [0.2, 0.25) is 0 Å². The summed E-state index contributed by atoms with van der Waals surface area (Å²) in [5.74, 6) is -1.32. The van der Waals surface area contributed by atoms with E-state index in [2.05, 4.69) is 4.74 Å². The molecule has 2 aliphatic heterocycles. The summed E-state index contributed by atoms with van der Waals surface area (Å²) in [4.78, 5) is 25.6. The molecule has 0 N–H and O–H groups in total. The van der Waals surface area contributed by atoms with Crippen LogP contribution < -0.4 is 0 Å². The van der Waals surface area contributed by atoms with Gasteiger partial charge in [0.2, 0.25) is 5.91 Å². The van der Waals surface area contributed by atoms with Gasteiger partial charge < -0.3 is 14.4 Å². The molecule has 0 spiro atoms. The zero-order valence-electron chi connectivity index (χ0n) is 10.6. The van der Waals surface area contributed by atoms with Crippen LogP contribution in [0.1, 0.15) is 18.2 Å². The van der Waals surface area contributed by atoms with E-state index in [1.165, 1.54) is 7.11 Å². The Labute approximate surface area is 111 Å². The second-order valence-electron chi connectivity index (χ2n) is 4.81. The van der Waals surface area contributed by atoms with Crippen LogP contribution in [0.3, 0.4) is 0 Å². The number of hydrogen-bond acceptors (Lipinski definition) is 4. The summed E-state index contributed by atoms with van der Waals surface area (Å²) < 4.78 is 10.4. The van der Waals surface area contributed by atoms with Crippen LogP contribution in [0.4, 0.5) is 0 Å². The molecule has 5 nitrogen and oxygen atoms in total. The zero-order valence-corrected chi connectivity index (χ0v) is 10.6. The smallest absolute Gasteiger partial charge is 0.318 e. The van der Waals surface area contributed by atoms with Crippen molar-refractivity contribution in [2.45, 2.75) is 18.7 Å². The average Bonchev–Trinajstić information content (AvgIpc) is 3.00. The monoisotopic (exact) mass is 261 g/mol. The second kappa shape index (κ2) is 4.66. The molecule has 2 saturated heterocycles. The van der Waals surface area contributed by atoms with Gasteiger partial charge in [-0.1, -0.05) is 30.3 Å². The standard InChI is InChI=1S/C14H15NO4/c1-18-14(17)11-7-10-8-19-13(15(10)12(11)16)9-5-3-2-4-6-9/h2-6,10-11,13H,7-8H2,1H3/t10-,11-,13+/m0/s1. The lowest BCUT2D eigenvalue weighted by atomic mass is 10.1. The van der Waals surface area contributed by atoms with Gasteiger partial charge in [0, 0.05) is 5.56 Å². The van der Waals surface area contributed by atoms with Gasteiger partial charge in [-0.3, -0.25) is 9.59 Å². The van der Waals surface area contributed by atoms with Crippen molar-refractivity contribution >= 4 is 11.9 Å². The number of hydrogen-bond donors (Lipinski definition) is 0. The van der Waals surface area contributed by atoms with Crippen molar-refractivity contribution in [3.05, 3.63) is 35.9 Å². The third-order valence-electron chi connectivity index (χ3n) is 3.72. The molecular weight excluding hydrogens is 246 g/mol. The summed E-state index contributed by atoms with van der Waals surface area (Å²) in [6.07, 6.45) is 0.0998. The van der Waals surface area contributed by atoms with E-state index in [0.717, 1.165) is 5.56 Å². The summed E-state index contributed by atoms with van der Waals surface area (Å²) >= 11 is 0. The Balaban J connectivity index is 1.85. The van der Waals surface area contributed by atoms with Crippen LogP contribution in [-0.4, -0.2) is 36.5 Å². The van der Waals surface area contributed by atoms with E-state index >= 15 is 0 Å². The highest BCUT2D eigenvalue weighted by Crippen LogP contribution is 2.39. The second-order valence-corrected chi connectivity index (χ2v) is 4.81. The fraction of sp³-hybridized carbons (Fsp3) is 0.429. The van der Waals surface area contributed by atoms with E-state index in [0.29, 0.717) is 13.0 Å². The molecule has 1 amide bonds. The van der Waals surface area contributed by atoms with Gasteiger partial charge in [0.25, 0.3) is 0 Å². The van der Waals surface area contributed by atoms with E-state index in [-0.39, 0.29) is 18.2 Å². The quantitative estimate of drug-likeness (QED) is 0.591. The number of fused-ring (bicyclic) bond motifs is 1. The number of methoxy groups -OCH3 is 1. The predicted octanol–water partition coefficient (Wildman–Crippen LogP) is 1.11. The fourth-order valence-electron chi connectivity index (χ4n) is 2.80. The van der Waals surface area contributed by atoms with Gasteiger partial charge in [0.05, 0.1) is 19.8 Å². The maximum Gasteiger partial charge on any atom is 0.318 e. The Hall–Kier alpha value is -1.88. The van der Waals surface area contributed by atoms with E-state index in [9.17, 15) is 9.59 Å². The normalized spacial score (nSPS) is 29.4. The van der Waals surface area contributed by atoms with Crippen LogP contribution in [0.5, 0.6) is 0 Å². The van der Waals surface area contributed by atoms with Crippen molar-refractivity contribution in [3.63, 3.8) is 0 Å². The molecule has 0 aliphatic carbocycles. The predicted molar refractivity (Wildman–Crippen MR) is 65.9 cm³/mol. The minimum Gasteiger partial charge on any atom is -0.468 e. The highest BCUT2D eigenvalue weighted by molar-refractivity contribution is 5.99. The van der Waals surface area contributed by atoms with Crippen molar-refractivity contribution in [1.82, 2.24) is 4.90 Å². The Bertz CT molecular complexity index is 501. The molecule has 3 rings (SSSR count). The van der Waals surface area contributed by atoms with Crippen LogP contribution >= 0.6 is 0 Å². The molecule has 2 heterocycles. The minimum atomic E-state index is -0.676. The van der Waals surface area contributed by atoms with Gasteiger partial charge in [-0.15, -0.1) is 0 Å². The maximum atomic E-state index is 12.3. The van der Waals surface area contributed by atoms with Gasteiger partial charge in [-0.25, -0.2) is 0 Å². The SMILES string of the molecule is COC(=O)[C@H]1C[C@H]2CO[C@H](c3ccccc3)N2C1=O. The summed E-state index contributed by atoms with van der Waals surface area (Å²) in [5.41, 5.74) is 0.934. The number of esters is 1. The summed E-state index contributed by atoms with van der Waals surface area (Å²) in [6.45, 7) is 0.471. The molecule has 19 heavy (non-hydrogen) atoms. The number of rotatable bonds is 2. The largest absolute Gasteiger partial charge is 0.468 e. The maximum absolute atomic E-state index is 12.3. The first-order chi connectivity index (χ1) is 9.22. The molecule has 0 saturated carbocycles. The van der Waals surface area contributed by atoms with Gasteiger partial charge in [0.1, 0.15) is 5.92 Å². The van der Waals surface area contributed by atoms with Crippen LogP contribution in [0.25, 0.3) is 0 Å². The molecule has 0 aromatic heterocycles. The molecule has 0 bridgehead atoms. The number of carbonyl (C=O) groups is 2. The van der Waals surface area contributed by atoms with Crippen molar-refractivity contribution in [1.29, 1.82) is 0 Å². The molecule has 2 fully saturated rings. The van der Waals surface area contributed by atoms with Gasteiger partial charge in [0.15, 0.2) is 6.23 Å². The van der Waals surface area contributed by atoms with Gasteiger partial charge in [-0.05, 0) is 6.42 Å². The highest BCUT2D eigenvalue weighted by Gasteiger charge is 2.51. The number of nitrogens with zero attached hydrogens (tertiary/aromatic N) is 1. The molecular formula is C14H15NO4. The lowest BCUT2D eigenvalue weighted by molar-refractivity contribution is -0.152. The Morgan fingerprint density at radius 1 is 1.37 bits per heavy atom. The van der Waals surface area contributed by atoms with Crippen molar-refractivity contribution < 1.29 is 19.1 Å². The number of amides is 1. The fourth-order valence-corrected chi connectivity index (χ4v) is 2.80. The van der Waals surface area contributed by atoms with Gasteiger partial charge >= 0.3 is 5.97 Å². The zero-order chi connectivity index (χ0) is 13.4. The molecule has 1 aromatic rings. The van der Waals surface area contributed by atoms with Crippen molar-refractivity contribution in [2.75, 3.05) is 13.7 Å². The minimum absolute atomic E-state index is 0.0261. The molecule has 100 valence electrons. The third kappa shape index (κ3) is 1.90. The van der Waals surface area contributed by atoms with Crippen LogP contribution in [0, 0.1) is 5.92 Å². The first-order valence-corrected chi connectivity index (χ1v) is 6.29. The molecule has 0 unspecified atom stereocenters. The van der Waals surface area contributed by atoms with Crippen LogP contribution in [-0.2, 0) is 19.1 Å². The third-order valence-corrected chi connectivity index (χ3v) is 3.72. The lowest BCUT2D eigenvalue weighted by Crippen LogP contribution is -2.34. The van der Waals surface area contributed by atoms with Crippen LogP contribution in [0.15, 0.2) is 30.3 Å². The highest BCUT2D eigenvalue weighted by atomic mass is 16.5. The Kier molecular flexibility index (Phi) is 2.98. The lowest BCUT2D eigenvalue weighted by Gasteiger charge is -2.22. The first-order valence-electron chi connectivity index (χ1n) is 6.29. The summed E-state index contributed by atoms with van der Waals surface area (Å²) in [6, 6.07) is 9.55. The van der Waals surface area contributed by atoms with Gasteiger partial charge in [-0.2, -0.15) is 0 Å². The molecule has 5 heteroatoms. The first kappa shape index (κ1) is 12.2. The average molecular weight is 261 g/mol. The van der Waals surface area contributed by atoms with Crippen molar-refractivity contribution in [2.24, 2.45) is 5.92 Å². The Morgan fingerprint density at radius 3 is 2.79 bits per heavy atom. The molecule has 2 aliphatic rings. The van der Waals surface area contributed by atoms with E-state index in [1.54, 1.807) is 4.90 Å². The molecule has 1 aromatic carbocycles. The molecule has 3 atom stereocenters. The topological polar surface area (TPSA) is 55.8 Å². The summed E-state index contributed by atoms with van der Waals surface area (Å²) in [5, 5.41) is 0. The molecule has 0 radical (unpaired) electrons. The van der Waals surface area contributed by atoms with E-state index in [4.69, 9.17) is 4.74 Å². The van der Waals surface area contributed by atoms with E-state index < -0.39 is 11.9 Å². The summed E-state index contributed by atoms with van der Waals surface area (Å²) in [7, 11) is 1.31. The Morgan fingerprint density at radius 2 is 2.11 bits per heavy atom. The number of carbonyl (C=O) groups excluding carboxylic acids is 2. The number of benzene rings is 1. The van der Waals surface area contributed by atoms with E-state index in [1.807, 2.05) is 30.3 Å². The number of ether oxygens (including phenoxy) is 2.